The molecule has 6 aromatic rings. The van der Waals surface area contributed by atoms with Gasteiger partial charge in [-0.25, -0.2) is 9.97 Å². The number of fused-ring (bicyclic) bond motifs is 5. The number of hydrogen-bond donors (Lipinski definition) is 0. The Balaban J connectivity index is 1.67. The Kier molecular flexibility index (Phi) is 4.11. The van der Waals surface area contributed by atoms with Gasteiger partial charge in [-0.05, 0) is 76.9 Å². The SMILES string of the molecule is Cc1sc2cc3c(cc2c1C)sc1c(-c2cc(C(C)(C)C)c4sccc4c2)ncnc13. The van der Waals surface area contributed by atoms with Crippen LogP contribution < -0.4 is 0 Å². The fourth-order valence-electron chi connectivity index (χ4n) is 4.39. The van der Waals surface area contributed by atoms with Gasteiger partial charge < -0.3 is 0 Å². The van der Waals surface area contributed by atoms with Crippen LogP contribution in [0.25, 0.3) is 51.7 Å². The summed E-state index contributed by atoms with van der Waals surface area (Å²) in [6.07, 6.45) is 1.73. The molecule has 0 N–H and O–H groups in total. The van der Waals surface area contributed by atoms with E-state index in [1.807, 2.05) is 34.0 Å². The molecule has 0 aliphatic carbocycles. The molecule has 0 fully saturated rings. The minimum Gasteiger partial charge on any atom is -0.235 e. The van der Waals surface area contributed by atoms with Crippen molar-refractivity contribution < 1.29 is 0 Å². The number of aryl methyl sites for hydroxylation is 2. The fourth-order valence-corrected chi connectivity index (χ4v) is 7.78. The van der Waals surface area contributed by atoms with E-state index < -0.39 is 0 Å². The van der Waals surface area contributed by atoms with Gasteiger partial charge in [0.25, 0.3) is 0 Å². The van der Waals surface area contributed by atoms with Gasteiger partial charge in [0.15, 0.2) is 0 Å². The zero-order valence-electron chi connectivity index (χ0n) is 18.2. The second kappa shape index (κ2) is 6.58. The van der Waals surface area contributed by atoms with Crippen LogP contribution in [0.1, 0.15) is 36.8 Å². The maximum absolute atomic E-state index is 4.78. The molecular weight excluding hydrogens is 437 g/mol. The molecule has 0 aliphatic heterocycles. The van der Waals surface area contributed by atoms with Crippen LogP contribution >= 0.6 is 34.0 Å². The highest BCUT2D eigenvalue weighted by Crippen LogP contribution is 2.43. The summed E-state index contributed by atoms with van der Waals surface area (Å²) in [4.78, 5) is 10.9. The average molecular weight is 459 g/mol. The van der Waals surface area contributed by atoms with Crippen LogP contribution in [0.2, 0.25) is 0 Å². The lowest BCUT2D eigenvalue weighted by Crippen LogP contribution is -2.11. The Labute approximate surface area is 193 Å². The first-order valence-electron chi connectivity index (χ1n) is 10.4. The highest BCUT2D eigenvalue weighted by atomic mass is 32.1. The van der Waals surface area contributed by atoms with E-state index in [1.165, 1.54) is 56.5 Å². The number of nitrogens with zero attached hydrogens (tertiary/aromatic N) is 2. The van der Waals surface area contributed by atoms with Gasteiger partial charge in [-0.1, -0.05) is 20.8 Å². The van der Waals surface area contributed by atoms with Crippen LogP contribution in [-0.2, 0) is 5.41 Å². The van der Waals surface area contributed by atoms with E-state index in [1.54, 1.807) is 6.33 Å². The number of benzene rings is 2. The molecule has 6 rings (SSSR count). The maximum Gasteiger partial charge on any atom is 0.116 e. The lowest BCUT2D eigenvalue weighted by Gasteiger charge is -2.21. The molecule has 154 valence electrons. The second-order valence-electron chi connectivity index (χ2n) is 9.24. The molecule has 31 heavy (non-hydrogen) atoms. The van der Waals surface area contributed by atoms with Crippen molar-refractivity contribution >= 4 is 74.5 Å². The van der Waals surface area contributed by atoms with Crippen molar-refractivity contribution in [2.45, 2.75) is 40.0 Å². The fraction of sp³-hybridized carbons (Fsp3) is 0.231. The lowest BCUT2D eigenvalue weighted by atomic mass is 9.85. The standard InChI is InChI=1S/C26H22N2S3/c1-13-14(2)30-20-11-18-21(10-17(13)20)31-25-22(27-12-28-23(18)25)16-8-15-6-7-29-24(15)19(9-16)26(3,4)5/h6-12H,1-5H3. The summed E-state index contributed by atoms with van der Waals surface area (Å²) < 4.78 is 5.19. The maximum atomic E-state index is 4.78. The highest BCUT2D eigenvalue weighted by Gasteiger charge is 2.21. The Hall–Kier alpha value is -2.34. The molecule has 0 saturated heterocycles. The summed E-state index contributed by atoms with van der Waals surface area (Å²) in [6.45, 7) is 11.3. The lowest BCUT2D eigenvalue weighted by molar-refractivity contribution is 0.597. The van der Waals surface area contributed by atoms with Crippen molar-refractivity contribution in [2.75, 3.05) is 0 Å². The molecule has 5 heteroatoms. The summed E-state index contributed by atoms with van der Waals surface area (Å²) in [6, 6.07) is 11.5. The quantitative estimate of drug-likeness (QED) is 0.246. The minimum absolute atomic E-state index is 0.0746. The normalized spacial score (nSPS) is 12.7. The van der Waals surface area contributed by atoms with E-state index in [0.717, 1.165) is 11.2 Å². The number of hydrogen-bond acceptors (Lipinski definition) is 5. The van der Waals surface area contributed by atoms with Crippen LogP contribution in [-0.4, -0.2) is 9.97 Å². The molecule has 0 radical (unpaired) electrons. The van der Waals surface area contributed by atoms with Crippen molar-refractivity contribution in [3.8, 4) is 11.3 Å². The Morgan fingerprint density at radius 2 is 1.61 bits per heavy atom. The van der Waals surface area contributed by atoms with Crippen LogP contribution in [0, 0.1) is 13.8 Å². The Bertz CT molecular complexity index is 1640. The van der Waals surface area contributed by atoms with Crippen molar-refractivity contribution in [1.29, 1.82) is 0 Å². The van der Waals surface area contributed by atoms with Crippen LogP contribution in [0.5, 0.6) is 0 Å². The summed E-state index contributed by atoms with van der Waals surface area (Å²) in [5.41, 5.74) is 6.14. The van der Waals surface area contributed by atoms with E-state index in [-0.39, 0.29) is 5.41 Å². The molecular formula is C26H22N2S3. The van der Waals surface area contributed by atoms with E-state index in [0.29, 0.717) is 0 Å². The van der Waals surface area contributed by atoms with Gasteiger partial charge in [0.2, 0.25) is 0 Å². The molecule has 2 nitrogen and oxygen atoms in total. The zero-order valence-corrected chi connectivity index (χ0v) is 20.6. The topological polar surface area (TPSA) is 25.8 Å². The van der Waals surface area contributed by atoms with Gasteiger partial charge >= 0.3 is 0 Å². The third-order valence-corrected chi connectivity index (χ3v) is 9.46. The molecule has 0 bridgehead atoms. The number of thiophene rings is 3. The molecule has 0 spiro atoms. The Morgan fingerprint density at radius 1 is 0.839 bits per heavy atom. The zero-order chi connectivity index (χ0) is 21.5. The van der Waals surface area contributed by atoms with Crippen molar-refractivity contribution in [3.05, 3.63) is 58.0 Å². The third-order valence-electron chi connectivity index (χ3n) is 6.18. The summed E-state index contributed by atoms with van der Waals surface area (Å²) in [5.74, 6) is 0. The van der Waals surface area contributed by atoms with E-state index in [9.17, 15) is 0 Å². The average Bonchev–Trinajstić information content (AvgIpc) is 3.41. The summed E-state index contributed by atoms with van der Waals surface area (Å²) >= 11 is 5.52. The molecule has 0 aliphatic rings. The number of rotatable bonds is 1. The molecule has 0 atom stereocenters. The van der Waals surface area contributed by atoms with Gasteiger partial charge in [-0.15, -0.1) is 34.0 Å². The van der Waals surface area contributed by atoms with Crippen molar-refractivity contribution in [3.63, 3.8) is 0 Å². The monoisotopic (exact) mass is 458 g/mol. The molecule has 2 aromatic carbocycles. The van der Waals surface area contributed by atoms with Crippen molar-refractivity contribution in [1.82, 2.24) is 9.97 Å². The third kappa shape index (κ3) is 2.87. The largest absolute Gasteiger partial charge is 0.235 e. The molecule has 4 heterocycles. The first kappa shape index (κ1) is 19.4. The van der Waals surface area contributed by atoms with E-state index in [4.69, 9.17) is 9.97 Å². The van der Waals surface area contributed by atoms with Gasteiger partial charge in [0.05, 0.1) is 15.9 Å². The van der Waals surface area contributed by atoms with Gasteiger partial charge in [-0.3, -0.25) is 0 Å². The van der Waals surface area contributed by atoms with Crippen LogP contribution in [0.3, 0.4) is 0 Å². The smallest absolute Gasteiger partial charge is 0.116 e. The first-order valence-corrected chi connectivity index (χ1v) is 12.9. The molecule has 0 amide bonds. The van der Waals surface area contributed by atoms with E-state index >= 15 is 0 Å². The predicted molar refractivity (Wildman–Crippen MR) is 139 cm³/mol. The summed E-state index contributed by atoms with van der Waals surface area (Å²) in [7, 11) is 0. The van der Waals surface area contributed by atoms with E-state index in [2.05, 4.69) is 70.3 Å². The number of aromatic nitrogens is 2. The van der Waals surface area contributed by atoms with Crippen LogP contribution in [0.15, 0.2) is 42.0 Å². The summed E-state index contributed by atoms with van der Waals surface area (Å²) in [5, 5.41) is 6.10. The predicted octanol–water partition coefficient (Wildman–Crippen LogP) is 8.86. The first-order chi connectivity index (χ1) is 14.8. The molecule has 0 unspecified atom stereocenters. The van der Waals surface area contributed by atoms with Gasteiger partial charge in [0, 0.05) is 29.9 Å². The van der Waals surface area contributed by atoms with Crippen LogP contribution in [0.4, 0.5) is 0 Å². The van der Waals surface area contributed by atoms with Crippen molar-refractivity contribution in [2.24, 2.45) is 0 Å². The second-order valence-corrected chi connectivity index (χ2v) is 12.5. The Morgan fingerprint density at radius 3 is 2.42 bits per heavy atom. The van der Waals surface area contributed by atoms with Gasteiger partial charge in [-0.2, -0.15) is 0 Å². The van der Waals surface area contributed by atoms with Gasteiger partial charge in [0.1, 0.15) is 6.33 Å². The minimum atomic E-state index is 0.0746. The highest BCUT2D eigenvalue weighted by molar-refractivity contribution is 7.26. The molecule has 4 aromatic heterocycles. The molecule has 0 saturated carbocycles.